The Kier molecular flexibility index (Phi) is 11.9. The second-order valence-electron chi connectivity index (χ2n) is 8.22. The first-order chi connectivity index (χ1) is 13.1. The molecule has 0 aromatic heterocycles. The van der Waals surface area contributed by atoms with E-state index in [1.165, 1.54) is 11.1 Å². The van der Waals surface area contributed by atoms with Crippen LogP contribution >= 0.6 is 15.2 Å². The highest BCUT2D eigenvalue weighted by molar-refractivity contribution is 7.72. The summed E-state index contributed by atoms with van der Waals surface area (Å²) in [6, 6.07) is 0. The smallest absolute Gasteiger partial charge is 0.324 e. The molecule has 0 aliphatic rings. The van der Waals surface area contributed by atoms with E-state index in [-0.39, 0.29) is 12.8 Å². The van der Waals surface area contributed by atoms with Gasteiger partial charge in [-0.3, -0.25) is 9.13 Å². The summed E-state index contributed by atoms with van der Waals surface area (Å²) in [4.78, 5) is 37.3. The highest BCUT2D eigenvalue weighted by Crippen LogP contribution is 2.72. The zero-order valence-corrected chi connectivity index (χ0v) is 20.3. The van der Waals surface area contributed by atoms with Crippen LogP contribution < -0.4 is 0 Å². The Hall–Kier alpha value is -0.740. The average Bonchev–Trinajstić information content (AvgIpc) is 2.51. The monoisotopic (exact) mass is 448 g/mol. The van der Waals surface area contributed by atoms with Crippen LogP contribution in [0.3, 0.4) is 0 Å². The molecule has 0 aromatic rings. The van der Waals surface area contributed by atoms with Gasteiger partial charge in [-0.15, -0.1) is 0 Å². The van der Waals surface area contributed by atoms with Crippen molar-refractivity contribution in [2.45, 2.75) is 85.0 Å². The topological polar surface area (TPSA) is 115 Å². The van der Waals surface area contributed by atoms with Gasteiger partial charge in [-0.05, 0) is 80.1 Å². The summed E-state index contributed by atoms with van der Waals surface area (Å²) in [7, 11) is -10.2. The molecular formula is C21H38O6P2. The lowest BCUT2D eigenvalue weighted by molar-refractivity contribution is 0.307. The Morgan fingerprint density at radius 2 is 0.966 bits per heavy atom. The molecule has 0 saturated heterocycles. The largest absolute Gasteiger partial charge is 0.344 e. The fourth-order valence-corrected chi connectivity index (χ4v) is 5.46. The molecule has 0 atom stereocenters. The standard InChI is InChI=1S/C21H38O6P2/c1-17(2)9-7-11-19(5)13-15-21(28(22,23)24,29(25,26)27)16-14-20(6)12-8-10-18(3)4/h9-10,13-14H,7-8,11-12,15-16H2,1-6H3,(H2,22,23,24)(H2,25,26,27)/b19-13-,20-14-. The summed E-state index contributed by atoms with van der Waals surface area (Å²) >= 11 is 0. The Balaban J connectivity index is 5.69. The Morgan fingerprint density at radius 1 is 0.655 bits per heavy atom. The molecule has 0 radical (unpaired) electrons. The molecule has 0 rings (SSSR count). The molecule has 168 valence electrons. The molecule has 0 aliphatic carbocycles. The summed E-state index contributed by atoms with van der Waals surface area (Å²) in [5.41, 5.74) is 4.04. The molecule has 0 fully saturated rings. The van der Waals surface area contributed by atoms with Crippen molar-refractivity contribution in [1.29, 1.82) is 0 Å². The van der Waals surface area contributed by atoms with E-state index in [9.17, 15) is 28.7 Å². The van der Waals surface area contributed by atoms with Gasteiger partial charge in [0.25, 0.3) is 0 Å². The second kappa shape index (κ2) is 12.2. The predicted molar refractivity (Wildman–Crippen MR) is 121 cm³/mol. The first-order valence-corrected chi connectivity index (χ1v) is 13.0. The van der Waals surface area contributed by atoms with E-state index in [0.29, 0.717) is 12.8 Å². The normalized spacial score (nSPS) is 14.0. The minimum absolute atomic E-state index is 0.375. The van der Waals surface area contributed by atoms with Crippen LogP contribution in [0.25, 0.3) is 0 Å². The molecule has 0 spiro atoms. The summed E-state index contributed by atoms with van der Waals surface area (Å²) in [5, 5.41) is 0. The summed E-state index contributed by atoms with van der Waals surface area (Å²) in [5.74, 6) is 0. The third-order valence-electron chi connectivity index (χ3n) is 4.82. The highest BCUT2D eigenvalue weighted by atomic mass is 31.2. The Morgan fingerprint density at radius 3 is 1.21 bits per heavy atom. The number of allylic oxidation sites excluding steroid dienone is 8. The van der Waals surface area contributed by atoms with Crippen molar-refractivity contribution < 1.29 is 28.7 Å². The van der Waals surface area contributed by atoms with Crippen LogP contribution in [0.4, 0.5) is 0 Å². The summed E-state index contributed by atoms with van der Waals surface area (Å²) < 4.78 is 24.5. The number of hydrogen-bond donors (Lipinski definition) is 4. The lowest BCUT2D eigenvalue weighted by Gasteiger charge is -2.33. The average molecular weight is 448 g/mol. The molecular weight excluding hydrogens is 410 g/mol. The van der Waals surface area contributed by atoms with Crippen molar-refractivity contribution in [2.75, 3.05) is 0 Å². The van der Waals surface area contributed by atoms with Crippen LogP contribution in [0.1, 0.15) is 80.1 Å². The number of rotatable bonds is 12. The van der Waals surface area contributed by atoms with Gasteiger partial charge in [-0.25, -0.2) is 0 Å². The van der Waals surface area contributed by atoms with Gasteiger partial charge in [0.05, 0.1) is 0 Å². The molecule has 6 nitrogen and oxygen atoms in total. The zero-order chi connectivity index (χ0) is 22.9. The van der Waals surface area contributed by atoms with Gasteiger partial charge < -0.3 is 19.6 Å². The van der Waals surface area contributed by atoms with Gasteiger partial charge in [-0.1, -0.05) is 46.6 Å². The first-order valence-electron chi connectivity index (χ1n) is 9.81. The van der Waals surface area contributed by atoms with Crippen LogP contribution in [0.15, 0.2) is 46.6 Å². The Bertz CT molecular complexity index is 677. The quantitative estimate of drug-likeness (QED) is 0.209. The third kappa shape index (κ3) is 10.2. The SMILES string of the molecule is CC(C)=CCC/C(C)=C\CC(C/C=C(/C)CCC=C(C)C)(P(=O)(O)O)P(=O)(O)O. The van der Waals surface area contributed by atoms with Crippen molar-refractivity contribution >= 4 is 15.2 Å². The van der Waals surface area contributed by atoms with Crippen LogP contribution in [0, 0.1) is 0 Å². The molecule has 0 aromatic carbocycles. The third-order valence-corrected chi connectivity index (χ3v) is 9.28. The maximum absolute atomic E-state index is 12.3. The molecule has 8 heteroatoms. The maximum Gasteiger partial charge on any atom is 0.344 e. The maximum atomic E-state index is 12.3. The summed E-state index contributed by atoms with van der Waals surface area (Å²) in [6.45, 7) is 11.6. The fraction of sp³-hybridized carbons (Fsp3) is 0.619. The lowest BCUT2D eigenvalue weighted by Crippen LogP contribution is -2.28. The first kappa shape index (κ1) is 28.3. The minimum atomic E-state index is -5.10. The minimum Gasteiger partial charge on any atom is -0.324 e. The number of hydrogen-bond acceptors (Lipinski definition) is 2. The fourth-order valence-electron chi connectivity index (χ4n) is 2.79. The van der Waals surface area contributed by atoms with Gasteiger partial charge in [0.15, 0.2) is 4.90 Å². The molecule has 4 N–H and O–H groups in total. The van der Waals surface area contributed by atoms with Gasteiger partial charge in [0.2, 0.25) is 0 Å². The molecule has 0 amide bonds. The van der Waals surface area contributed by atoms with Gasteiger partial charge in [0.1, 0.15) is 0 Å². The molecule has 0 heterocycles. The van der Waals surface area contributed by atoms with E-state index >= 15 is 0 Å². The van der Waals surface area contributed by atoms with Crippen LogP contribution in [0.2, 0.25) is 0 Å². The van der Waals surface area contributed by atoms with E-state index < -0.39 is 20.1 Å². The van der Waals surface area contributed by atoms with Gasteiger partial charge >= 0.3 is 15.2 Å². The molecule has 29 heavy (non-hydrogen) atoms. The molecule has 0 saturated carbocycles. The summed E-state index contributed by atoms with van der Waals surface area (Å²) in [6.07, 6.45) is 9.35. The van der Waals surface area contributed by atoms with E-state index in [1.807, 2.05) is 41.5 Å². The van der Waals surface area contributed by atoms with Crippen LogP contribution in [-0.2, 0) is 9.13 Å². The van der Waals surface area contributed by atoms with E-state index in [2.05, 4.69) is 12.2 Å². The second-order valence-corrected chi connectivity index (χ2v) is 12.5. The van der Waals surface area contributed by atoms with Crippen molar-refractivity contribution in [2.24, 2.45) is 0 Å². The lowest BCUT2D eigenvalue weighted by atomic mass is 10.1. The Labute approximate surface area is 175 Å². The molecule has 0 bridgehead atoms. The molecule has 0 unspecified atom stereocenters. The highest BCUT2D eigenvalue weighted by Gasteiger charge is 2.58. The van der Waals surface area contributed by atoms with Crippen molar-refractivity contribution in [1.82, 2.24) is 0 Å². The van der Waals surface area contributed by atoms with E-state index in [4.69, 9.17) is 0 Å². The van der Waals surface area contributed by atoms with E-state index in [0.717, 1.165) is 24.0 Å². The van der Waals surface area contributed by atoms with Crippen LogP contribution in [0.5, 0.6) is 0 Å². The van der Waals surface area contributed by atoms with Gasteiger partial charge in [0, 0.05) is 0 Å². The zero-order valence-electron chi connectivity index (χ0n) is 18.6. The van der Waals surface area contributed by atoms with Crippen molar-refractivity contribution in [3.63, 3.8) is 0 Å². The molecule has 0 aliphatic heterocycles. The van der Waals surface area contributed by atoms with Crippen LogP contribution in [-0.4, -0.2) is 24.5 Å². The van der Waals surface area contributed by atoms with Gasteiger partial charge in [-0.2, -0.15) is 0 Å². The van der Waals surface area contributed by atoms with Crippen molar-refractivity contribution in [3.05, 3.63) is 46.6 Å². The van der Waals surface area contributed by atoms with E-state index in [1.54, 1.807) is 12.2 Å². The van der Waals surface area contributed by atoms with Crippen molar-refractivity contribution in [3.8, 4) is 0 Å². The predicted octanol–water partition coefficient (Wildman–Crippen LogP) is 6.20.